The van der Waals surface area contributed by atoms with Crippen molar-refractivity contribution in [2.75, 3.05) is 31.1 Å². The third kappa shape index (κ3) is 4.14. The lowest BCUT2D eigenvalue weighted by atomic mass is 10.0. The zero-order valence-electron chi connectivity index (χ0n) is 17.2. The van der Waals surface area contributed by atoms with Crippen molar-refractivity contribution >= 4 is 11.7 Å². The Morgan fingerprint density at radius 2 is 1.52 bits per heavy atom. The average molecular weight is 386 g/mol. The van der Waals surface area contributed by atoms with Crippen molar-refractivity contribution in [1.29, 1.82) is 0 Å². The Balaban J connectivity index is 1.40. The first-order chi connectivity index (χ1) is 14.0. The second-order valence-electron chi connectivity index (χ2n) is 7.72. The number of carbonyl (C=O) groups excluding carboxylic acids is 1. The van der Waals surface area contributed by atoms with E-state index in [1.807, 2.05) is 48.2 Å². The Hall–Kier alpha value is -3.21. The Kier molecular flexibility index (Phi) is 5.30. The van der Waals surface area contributed by atoms with Crippen LogP contribution in [0.1, 0.15) is 27.0 Å². The zero-order chi connectivity index (χ0) is 20.4. The van der Waals surface area contributed by atoms with Crippen LogP contribution < -0.4 is 4.90 Å². The van der Waals surface area contributed by atoms with E-state index in [2.05, 4.69) is 47.1 Å². The van der Waals surface area contributed by atoms with Crippen LogP contribution in [0.15, 0.2) is 54.6 Å². The minimum absolute atomic E-state index is 0.0980. The first-order valence-corrected chi connectivity index (χ1v) is 10.0. The second kappa shape index (κ2) is 8.03. The fraction of sp³-hybridized carbons (Fsp3) is 0.292. The highest BCUT2D eigenvalue weighted by Crippen LogP contribution is 2.22. The number of carbonyl (C=O) groups is 1. The van der Waals surface area contributed by atoms with Crippen LogP contribution in [0.25, 0.3) is 11.3 Å². The van der Waals surface area contributed by atoms with Crippen LogP contribution in [0.4, 0.5) is 5.82 Å². The molecule has 0 saturated carbocycles. The molecule has 1 saturated heterocycles. The van der Waals surface area contributed by atoms with Gasteiger partial charge in [-0.3, -0.25) is 4.79 Å². The largest absolute Gasteiger partial charge is 0.352 e. The van der Waals surface area contributed by atoms with E-state index in [-0.39, 0.29) is 5.91 Å². The molecule has 0 radical (unpaired) electrons. The van der Waals surface area contributed by atoms with Crippen molar-refractivity contribution in [1.82, 2.24) is 15.1 Å². The molecule has 0 atom stereocenters. The molecule has 5 nitrogen and oxygen atoms in total. The first-order valence-electron chi connectivity index (χ1n) is 10.0. The van der Waals surface area contributed by atoms with Gasteiger partial charge in [-0.05, 0) is 62.2 Å². The smallest absolute Gasteiger partial charge is 0.253 e. The maximum atomic E-state index is 12.7. The van der Waals surface area contributed by atoms with Crippen LogP contribution in [0.5, 0.6) is 0 Å². The molecule has 1 aromatic heterocycles. The molecule has 1 fully saturated rings. The predicted octanol–water partition coefficient (Wildman–Crippen LogP) is 4.03. The van der Waals surface area contributed by atoms with Gasteiger partial charge in [0.15, 0.2) is 5.82 Å². The van der Waals surface area contributed by atoms with E-state index in [0.717, 1.165) is 41.3 Å². The summed E-state index contributed by atoms with van der Waals surface area (Å²) in [7, 11) is 0. The fourth-order valence-electron chi connectivity index (χ4n) is 3.57. The van der Waals surface area contributed by atoms with Gasteiger partial charge in [0.25, 0.3) is 5.91 Å². The summed E-state index contributed by atoms with van der Waals surface area (Å²) in [5.41, 5.74) is 6.40. The van der Waals surface area contributed by atoms with E-state index in [4.69, 9.17) is 0 Å². The summed E-state index contributed by atoms with van der Waals surface area (Å²) in [6.07, 6.45) is 0. The van der Waals surface area contributed by atoms with E-state index in [9.17, 15) is 4.79 Å². The van der Waals surface area contributed by atoms with Gasteiger partial charge in [0.1, 0.15) is 0 Å². The lowest BCUT2D eigenvalue weighted by Gasteiger charge is -2.35. The maximum Gasteiger partial charge on any atom is 0.253 e. The van der Waals surface area contributed by atoms with E-state index < -0.39 is 0 Å². The molecular weight excluding hydrogens is 360 g/mol. The molecule has 1 aliphatic rings. The minimum atomic E-state index is 0.0980. The number of amides is 1. The third-order valence-corrected chi connectivity index (χ3v) is 5.64. The van der Waals surface area contributed by atoms with Gasteiger partial charge in [-0.15, -0.1) is 10.2 Å². The van der Waals surface area contributed by atoms with Crippen molar-refractivity contribution in [2.45, 2.75) is 20.8 Å². The van der Waals surface area contributed by atoms with Crippen molar-refractivity contribution in [3.63, 3.8) is 0 Å². The van der Waals surface area contributed by atoms with Gasteiger partial charge in [-0.1, -0.05) is 29.8 Å². The van der Waals surface area contributed by atoms with Gasteiger partial charge in [0.05, 0.1) is 5.69 Å². The third-order valence-electron chi connectivity index (χ3n) is 5.64. The van der Waals surface area contributed by atoms with Crippen LogP contribution in [0.3, 0.4) is 0 Å². The number of hydrogen-bond donors (Lipinski definition) is 0. The number of aryl methyl sites for hydroxylation is 3. The van der Waals surface area contributed by atoms with Gasteiger partial charge in [-0.2, -0.15) is 0 Å². The van der Waals surface area contributed by atoms with E-state index >= 15 is 0 Å². The van der Waals surface area contributed by atoms with Gasteiger partial charge in [-0.25, -0.2) is 0 Å². The van der Waals surface area contributed by atoms with Gasteiger partial charge in [0, 0.05) is 37.3 Å². The fourth-order valence-corrected chi connectivity index (χ4v) is 3.57. The molecule has 0 unspecified atom stereocenters. The normalized spacial score (nSPS) is 14.2. The molecule has 4 rings (SSSR count). The summed E-state index contributed by atoms with van der Waals surface area (Å²) >= 11 is 0. The van der Waals surface area contributed by atoms with Crippen molar-refractivity contribution in [2.24, 2.45) is 0 Å². The molecule has 0 spiro atoms. The number of nitrogens with zero attached hydrogens (tertiary/aromatic N) is 4. The predicted molar refractivity (Wildman–Crippen MR) is 116 cm³/mol. The molecule has 148 valence electrons. The lowest BCUT2D eigenvalue weighted by Crippen LogP contribution is -2.49. The second-order valence-corrected chi connectivity index (χ2v) is 7.72. The molecule has 5 heteroatoms. The molecule has 0 bridgehead atoms. The average Bonchev–Trinajstić information content (AvgIpc) is 2.76. The van der Waals surface area contributed by atoms with Crippen LogP contribution >= 0.6 is 0 Å². The van der Waals surface area contributed by atoms with E-state index in [1.165, 1.54) is 11.1 Å². The zero-order valence-corrected chi connectivity index (χ0v) is 17.2. The Bertz CT molecular complexity index is 1000. The summed E-state index contributed by atoms with van der Waals surface area (Å²) < 4.78 is 0. The van der Waals surface area contributed by atoms with Crippen molar-refractivity contribution < 1.29 is 4.79 Å². The van der Waals surface area contributed by atoms with E-state index in [0.29, 0.717) is 13.1 Å². The van der Waals surface area contributed by atoms with Crippen LogP contribution in [0, 0.1) is 20.8 Å². The van der Waals surface area contributed by atoms with E-state index in [1.54, 1.807) is 0 Å². The van der Waals surface area contributed by atoms with Crippen molar-refractivity contribution in [3.8, 4) is 11.3 Å². The minimum Gasteiger partial charge on any atom is -0.352 e. The Morgan fingerprint density at radius 3 is 2.14 bits per heavy atom. The van der Waals surface area contributed by atoms with Crippen LogP contribution in [-0.4, -0.2) is 47.2 Å². The molecule has 1 amide bonds. The highest BCUT2D eigenvalue weighted by Gasteiger charge is 2.23. The molecular formula is C24H26N4O. The number of hydrogen-bond acceptors (Lipinski definition) is 4. The number of aromatic nitrogens is 2. The number of rotatable bonds is 3. The topological polar surface area (TPSA) is 49.3 Å². The quantitative estimate of drug-likeness (QED) is 0.682. The summed E-state index contributed by atoms with van der Waals surface area (Å²) in [5, 5.41) is 8.87. The van der Waals surface area contributed by atoms with Gasteiger partial charge >= 0.3 is 0 Å². The first kappa shape index (κ1) is 19.1. The molecule has 0 aliphatic carbocycles. The molecule has 29 heavy (non-hydrogen) atoms. The van der Waals surface area contributed by atoms with Gasteiger partial charge < -0.3 is 9.80 Å². The highest BCUT2D eigenvalue weighted by atomic mass is 16.2. The SMILES string of the molecule is Cc1ccc(C(=O)N2CCN(c3ccc(-c4ccc(C)c(C)c4)nn3)CC2)cc1. The number of piperazine rings is 1. The number of anilines is 1. The number of benzene rings is 2. The van der Waals surface area contributed by atoms with Crippen LogP contribution in [-0.2, 0) is 0 Å². The van der Waals surface area contributed by atoms with Crippen molar-refractivity contribution in [3.05, 3.63) is 76.9 Å². The van der Waals surface area contributed by atoms with Crippen LogP contribution in [0.2, 0.25) is 0 Å². The lowest BCUT2D eigenvalue weighted by molar-refractivity contribution is 0.0746. The summed E-state index contributed by atoms with van der Waals surface area (Å²) in [4.78, 5) is 16.8. The maximum absolute atomic E-state index is 12.7. The highest BCUT2D eigenvalue weighted by molar-refractivity contribution is 5.94. The van der Waals surface area contributed by atoms with Gasteiger partial charge in [0.2, 0.25) is 0 Å². The summed E-state index contributed by atoms with van der Waals surface area (Å²) in [6.45, 7) is 9.14. The Labute approximate surface area is 172 Å². The Morgan fingerprint density at radius 1 is 0.793 bits per heavy atom. The standard InChI is InChI=1S/C24H26N4O/c1-17-4-7-20(8-5-17)24(29)28-14-12-27(13-15-28)23-11-10-22(25-26-23)21-9-6-18(2)19(3)16-21/h4-11,16H,12-15H2,1-3H3. The summed E-state index contributed by atoms with van der Waals surface area (Å²) in [6, 6.07) is 18.2. The molecule has 3 aromatic rings. The molecule has 1 aliphatic heterocycles. The monoisotopic (exact) mass is 386 g/mol. The molecule has 2 aromatic carbocycles. The molecule has 2 heterocycles. The summed E-state index contributed by atoms with van der Waals surface area (Å²) in [5.74, 6) is 0.959. The molecule has 0 N–H and O–H groups in total.